The van der Waals surface area contributed by atoms with Crippen LogP contribution in [0.15, 0.2) is 48.2 Å². The number of carbonyl (C=O) groups is 1. The van der Waals surface area contributed by atoms with Gasteiger partial charge in [0.15, 0.2) is 11.5 Å². The average molecular weight is 557 g/mol. The van der Waals surface area contributed by atoms with Crippen LogP contribution >= 0.6 is 0 Å². The lowest BCUT2D eigenvalue weighted by Gasteiger charge is -2.39. The zero-order valence-electron chi connectivity index (χ0n) is 22.6. The van der Waals surface area contributed by atoms with Crippen molar-refractivity contribution in [3.63, 3.8) is 0 Å². The van der Waals surface area contributed by atoms with Gasteiger partial charge in [-0.15, -0.1) is 0 Å². The molecule has 9 nitrogen and oxygen atoms in total. The molecule has 3 aliphatic rings. The molecule has 0 N–H and O–H groups in total. The van der Waals surface area contributed by atoms with Gasteiger partial charge in [0, 0.05) is 31.3 Å². The monoisotopic (exact) mass is 556 g/mol. The summed E-state index contributed by atoms with van der Waals surface area (Å²) in [7, 11) is -1.87. The summed E-state index contributed by atoms with van der Waals surface area (Å²) in [6.45, 7) is 1.68. The number of allylic oxidation sites excluding steroid dienone is 1. The predicted molar refractivity (Wildman–Crippen MR) is 146 cm³/mol. The molecule has 2 aromatic rings. The zero-order valence-corrected chi connectivity index (χ0v) is 23.4. The number of rotatable bonds is 11. The fourth-order valence-corrected chi connectivity index (χ4v) is 6.15. The van der Waals surface area contributed by atoms with Gasteiger partial charge in [-0.2, -0.15) is 8.42 Å². The van der Waals surface area contributed by atoms with Crippen molar-refractivity contribution >= 4 is 16.0 Å². The van der Waals surface area contributed by atoms with E-state index in [9.17, 15) is 13.2 Å². The summed E-state index contributed by atoms with van der Waals surface area (Å²) in [5, 5.41) is 0. The highest BCUT2D eigenvalue weighted by molar-refractivity contribution is 7.85. The Morgan fingerprint density at radius 1 is 1.05 bits per heavy atom. The standard InChI is InChI=1S/C29H36N2O7S/c1-35-27-15-22(5-6-26(27)37-20-21-7-11-29(17-21)9-3-4-10-29)23-18-31(19-23)28(32)25-16-24(8-12-30-25)36-13-14-38-39(2,33)34/h5-6,8,12,15-17,23H,3-4,7,9-11,13-14,18-20H2,1-2H3. The highest BCUT2D eigenvalue weighted by Crippen LogP contribution is 2.48. The Hall–Kier alpha value is -3.11. The Morgan fingerprint density at radius 3 is 2.59 bits per heavy atom. The molecule has 0 unspecified atom stereocenters. The molecule has 1 spiro atoms. The minimum Gasteiger partial charge on any atom is -0.493 e. The van der Waals surface area contributed by atoms with Gasteiger partial charge >= 0.3 is 0 Å². The normalized spacial score (nSPS) is 18.6. The van der Waals surface area contributed by atoms with Gasteiger partial charge in [-0.25, -0.2) is 0 Å². The number of hydrogen-bond acceptors (Lipinski definition) is 8. The molecule has 39 heavy (non-hydrogen) atoms. The topological polar surface area (TPSA) is 104 Å². The molecule has 1 amide bonds. The van der Waals surface area contributed by atoms with E-state index in [2.05, 4.69) is 21.3 Å². The van der Waals surface area contributed by atoms with E-state index in [0.29, 0.717) is 36.6 Å². The molecule has 5 rings (SSSR count). The van der Waals surface area contributed by atoms with Crippen molar-refractivity contribution in [2.45, 2.75) is 44.4 Å². The number of ether oxygens (including phenoxy) is 3. The summed E-state index contributed by atoms with van der Waals surface area (Å²) >= 11 is 0. The average Bonchev–Trinajstić information content (AvgIpc) is 3.53. The number of aromatic nitrogens is 1. The molecular weight excluding hydrogens is 520 g/mol. The van der Waals surface area contributed by atoms with E-state index in [0.717, 1.165) is 24.0 Å². The van der Waals surface area contributed by atoms with Crippen molar-refractivity contribution in [2.24, 2.45) is 5.41 Å². The highest BCUT2D eigenvalue weighted by atomic mass is 32.2. The third kappa shape index (κ3) is 6.73. The third-order valence-electron chi connectivity index (χ3n) is 7.89. The number of likely N-dealkylation sites (tertiary alicyclic amines) is 1. The first-order valence-electron chi connectivity index (χ1n) is 13.5. The number of nitrogens with zero attached hydrogens (tertiary/aromatic N) is 2. The van der Waals surface area contributed by atoms with E-state index < -0.39 is 10.1 Å². The molecule has 0 atom stereocenters. The largest absolute Gasteiger partial charge is 0.493 e. The number of methoxy groups -OCH3 is 1. The summed E-state index contributed by atoms with van der Waals surface area (Å²) in [5.74, 6) is 1.89. The van der Waals surface area contributed by atoms with Gasteiger partial charge in [-0.1, -0.05) is 25.0 Å². The van der Waals surface area contributed by atoms with Crippen molar-refractivity contribution in [3.8, 4) is 17.2 Å². The lowest BCUT2D eigenvalue weighted by Crippen LogP contribution is -2.48. The molecule has 1 saturated carbocycles. The number of benzene rings is 1. The minimum absolute atomic E-state index is 0.0381. The predicted octanol–water partition coefficient (Wildman–Crippen LogP) is 4.34. The highest BCUT2D eigenvalue weighted by Gasteiger charge is 2.36. The van der Waals surface area contributed by atoms with Crippen LogP contribution in [-0.2, 0) is 14.3 Å². The van der Waals surface area contributed by atoms with E-state index in [4.69, 9.17) is 14.2 Å². The van der Waals surface area contributed by atoms with Crippen LogP contribution < -0.4 is 14.2 Å². The summed E-state index contributed by atoms with van der Waals surface area (Å²) < 4.78 is 44.1. The van der Waals surface area contributed by atoms with Crippen molar-refractivity contribution in [3.05, 3.63) is 59.4 Å². The van der Waals surface area contributed by atoms with Crippen LogP contribution in [0.5, 0.6) is 17.2 Å². The molecule has 10 heteroatoms. The second-order valence-electron chi connectivity index (χ2n) is 10.7. The Bertz CT molecular complexity index is 1330. The first kappa shape index (κ1) is 27.5. The van der Waals surface area contributed by atoms with E-state index in [-0.39, 0.29) is 30.7 Å². The van der Waals surface area contributed by atoms with Crippen molar-refractivity contribution < 1.29 is 31.6 Å². The summed E-state index contributed by atoms with van der Waals surface area (Å²) in [6.07, 6.45) is 12.6. The van der Waals surface area contributed by atoms with Crippen molar-refractivity contribution in [2.75, 3.05) is 46.3 Å². The molecule has 1 aromatic carbocycles. The molecule has 210 valence electrons. The van der Waals surface area contributed by atoms with Gasteiger partial charge in [0.25, 0.3) is 16.0 Å². The van der Waals surface area contributed by atoms with Crippen LogP contribution in [0.3, 0.4) is 0 Å². The summed E-state index contributed by atoms with van der Waals surface area (Å²) in [4.78, 5) is 18.9. The number of carbonyl (C=O) groups excluding carboxylic acids is 1. The zero-order chi connectivity index (χ0) is 27.5. The molecule has 0 bridgehead atoms. The van der Waals surface area contributed by atoms with Crippen LogP contribution in [0.25, 0.3) is 0 Å². The van der Waals surface area contributed by atoms with E-state index >= 15 is 0 Å². The lowest BCUT2D eigenvalue weighted by atomic mass is 9.86. The minimum atomic E-state index is -3.52. The maximum Gasteiger partial charge on any atom is 0.272 e. The van der Waals surface area contributed by atoms with Crippen LogP contribution in [0.1, 0.15) is 60.5 Å². The van der Waals surface area contributed by atoms with E-state index in [1.165, 1.54) is 43.9 Å². The molecule has 1 saturated heterocycles. The summed E-state index contributed by atoms with van der Waals surface area (Å²) in [5.41, 5.74) is 3.20. The number of pyridine rings is 1. The molecular formula is C29H36N2O7S. The van der Waals surface area contributed by atoms with Crippen LogP contribution in [-0.4, -0.2) is 70.5 Å². The van der Waals surface area contributed by atoms with Gasteiger partial charge in [0.05, 0.1) is 13.4 Å². The molecule has 2 heterocycles. The fourth-order valence-electron chi connectivity index (χ4n) is 5.78. The van der Waals surface area contributed by atoms with Crippen molar-refractivity contribution in [1.29, 1.82) is 0 Å². The van der Waals surface area contributed by atoms with Crippen LogP contribution in [0, 0.1) is 5.41 Å². The molecule has 2 fully saturated rings. The van der Waals surface area contributed by atoms with Crippen molar-refractivity contribution in [1.82, 2.24) is 9.88 Å². The van der Waals surface area contributed by atoms with Gasteiger partial charge in [0.1, 0.15) is 31.3 Å². The van der Waals surface area contributed by atoms with Crippen LogP contribution in [0.4, 0.5) is 0 Å². The Kier molecular flexibility index (Phi) is 8.13. The Morgan fingerprint density at radius 2 is 1.85 bits per heavy atom. The Balaban J connectivity index is 1.13. The third-order valence-corrected chi connectivity index (χ3v) is 8.49. The molecule has 1 aliphatic heterocycles. The Labute approximate surface area is 230 Å². The maximum atomic E-state index is 13.0. The maximum absolute atomic E-state index is 13.0. The van der Waals surface area contributed by atoms with Gasteiger partial charge in [-0.3, -0.25) is 14.0 Å². The second-order valence-corrected chi connectivity index (χ2v) is 12.4. The quantitative estimate of drug-likeness (QED) is 0.229. The second kappa shape index (κ2) is 11.6. The van der Waals surface area contributed by atoms with Gasteiger partial charge in [0.2, 0.25) is 0 Å². The first-order chi connectivity index (χ1) is 18.7. The van der Waals surface area contributed by atoms with Gasteiger partial charge in [-0.05, 0) is 60.4 Å². The number of hydrogen-bond donors (Lipinski definition) is 0. The molecule has 0 radical (unpaired) electrons. The molecule has 2 aliphatic carbocycles. The van der Waals surface area contributed by atoms with Gasteiger partial charge < -0.3 is 19.1 Å². The summed E-state index contributed by atoms with van der Waals surface area (Å²) in [6, 6.07) is 9.20. The van der Waals surface area contributed by atoms with E-state index in [1.807, 2.05) is 12.1 Å². The molecule has 1 aromatic heterocycles. The first-order valence-corrected chi connectivity index (χ1v) is 15.3. The van der Waals surface area contributed by atoms with E-state index in [1.54, 1.807) is 24.1 Å². The van der Waals surface area contributed by atoms with Crippen LogP contribution in [0.2, 0.25) is 0 Å². The fraction of sp³-hybridized carbons (Fsp3) is 0.517. The SMILES string of the molecule is COc1cc(C2CN(C(=O)c3cc(OCCOS(C)(=O)=O)ccn3)C2)ccc1OCC1=CC2(CCCC2)CC1. The lowest BCUT2D eigenvalue weighted by molar-refractivity contribution is 0.0595. The smallest absolute Gasteiger partial charge is 0.272 e. The number of amides is 1.